The minimum atomic E-state index is -0.867. The van der Waals surface area contributed by atoms with E-state index in [0.29, 0.717) is 30.3 Å². The van der Waals surface area contributed by atoms with Gasteiger partial charge in [0.05, 0.1) is 18.8 Å². The SMILES string of the molecule is CCCOc1ccc(C(=O)OC(C)C(=O)N(C(C)C)C(C)C)cc1OCC. The molecule has 152 valence electrons. The van der Waals surface area contributed by atoms with Crippen molar-refractivity contribution in [2.75, 3.05) is 13.2 Å². The lowest BCUT2D eigenvalue weighted by Gasteiger charge is -2.32. The van der Waals surface area contributed by atoms with Gasteiger partial charge in [-0.15, -0.1) is 0 Å². The molecule has 1 amide bonds. The molecule has 6 nitrogen and oxygen atoms in total. The van der Waals surface area contributed by atoms with Gasteiger partial charge in [-0.25, -0.2) is 4.79 Å². The summed E-state index contributed by atoms with van der Waals surface area (Å²) in [5.74, 6) is 0.308. The van der Waals surface area contributed by atoms with E-state index in [2.05, 4.69) is 0 Å². The maximum atomic E-state index is 12.6. The predicted octanol–water partition coefficient (Wildman–Crippen LogP) is 4.06. The molecule has 0 saturated carbocycles. The third-order valence-corrected chi connectivity index (χ3v) is 3.94. The van der Waals surface area contributed by atoms with Gasteiger partial charge in [0.2, 0.25) is 0 Å². The first-order valence-electron chi connectivity index (χ1n) is 9.65. The van der Waals surface area contributed by atoms with Crippen molar-refractivity contribution < 1.29 is 23.8 Å². The molecule has 0 aliphatic rings. The lowest BCUT2D eigenvalue weighted by atomic mass is 10.2. The number of nitrogens with zero attached hydrogens (tertiary/aromatic N) is 1. The van der Waals surface area contributed by atoms with Crippen molar-refractivity contribution in [3.8, 4) is 11.5 Å². The molecule has 0 aliphatic heterocycles. The lowest BCUT2D eigenvalue weighted by Crippen LogP contribution is -2.47. The van der Waals surface area contributed by atoms with E-state index in [-0.39, 0.29) is 18.0 Å². The monoisotopic (exact) mass is 379 g/mol. The van der Waals surface area contributed by atoms with Crippen LogP contribution in [0.3, 0.4) is 0 Å². The van der Waals surface area contributed by atoms with Crippen molar-refractivity contribution in [2.24, 2.45) is 0 Å². The van der Waals surface area contributed by atoms with Crippen LogP contribution in [0.5, 0.6) is 11.5 Å². The molecule has 27 heavy (non-hydrogen) atoms. The molecule has 0 aromatic heterocycles. The van der Waals surface area contributed by atoms with Crippen LogP contribution >= 0.6 is 0 Å². The zero-order valence-corrected chi connectivity index (χ0v) is 17.6. The number of esters is 1. The van der Waals surface area contributed by atoms with Crippen molar-refractivity contribution in [2.45, 2.75) is 73.1 Å². The van der Waals surface area contributed by atoms with E-state index in [1.165, 1.54) is 0 Å². The van der Waals surface area contributed by atoms with Crippen LogP contribution in [0.1, 0.15) is 65.2 Å². The largest absolute Gasteiger partial charge is 0.490 e. The minimum Gasteiger partial charge on any atom is -0.490 e. The van der Waals surface area contributed by atoms with Crippen LogP contribution in [-0.2, 0) is 9.53 Å². The van der Waals surface area contributed by atoms with Crippen LogP contribution in [0.25, 0.3) is 0 Å². The molecule has 1 atom stereocenters. The highest BCUT2D eigenvalue weighted by atomic mass is 16.5. The normalized spacial score (nSPS) is 12.0. The van der Waals surface area contributed by atoms with E-state index in [1.807, 2.05) is 41.5 Å². The van der Waals surface area contributed by atoms with Gasteiger partial charge in [0.15, 0.2) is 17.6 Å². The quantitative estimate of drug-likeness (QED) is 0.574. The first kappa shape index (κ1) is 22.8. The molecule has 6 heteroatoms. The maximum absolute atomic E-state index is 12.6. The summed E-state index contributed by atoms with van der Waals surface area (Å²) >= 11 is 0. The van der Waals surface area contributed by atoms with E-state index < -0.39 is 12.1 Å². The molecule has 0 spiro atoms. The first-order chi connectivity index (χ1) is 12.7. The molecule has 0 aliphatic carbocycles. The van der Waals surface area contributed by atoms with Gasteiger partial charge >= 0.3 is 5.97 Å². The van der Waals surface area contributed by atoms with E-state index in [9.17, 15) is 9.59 Å². The van der Waals surface area contributed by atoms with Crippen LogP contribution in [0.15, 0.2) is 18.2 Å². The van der Waals surface area contributed by atoms with Gasteiger partial charge in [0.25, 0.3) is 5.91 Å². The Labute approximate surface area is 162 Å². The van der Waals surface area contributed by atoms with Crippen LogP contribution in [-0.4, -0.2) is 48.2 Å². The van der Waals surface area contributed by atoms with Gasteiger partial charge in [0, 0.05) is 12.1 Å². The van der Waals surface area contributed by atoms with Gasteiger partial charge < -0.3 is 19.1 Å². The fraction of sp³-hybridized carbons (Fsp3) is 0.619. The van der Waals surface area contributed by atoms with Gasteiger partial charge in [-0.3, -0.25) is 4.79 Å². The minimum absolute atomic E-state index is 0.0261. The number of rotatable bonds is 10. The highest BCUT2D eigenvalue weighted by Gasteiger charge is 2.28. The topological polar surface area (TPSA) is 65.1 Å². The van der Waals surface area contributed by atoms with Crippen molar-refractivity contribution in [1.29, 1.82) is 0 Å². The summed E-state index contributed by atoms with van der Waals surface area (Å²) in [5.41, 5.74) is 0.322. The Morgan fingerprint density at radius 1 is 0.963 bits per heavy atom. The molecule has 0 N–H and O–H groups in total. The molecule has 1 aromatic rings. The fourth-order valence-corrected chi connectivity index (χ4v) is 2.83. The van der Waals surface area contributed by atoms with E-state index in [0.717, 1.165) is 6.42 Å². The zero-order valence-electron chi connectivity index (χ0n) is 17.6. The van der Waals surface area contributed by atoms with Gasteiger partial charge in [0.1, 0.15) is 0 Å². The van der Waals surface area contributed by atoms with Crippen molar-refractivity contribution >= 4 is 11.9 Å². The molecule has 1 aromatic carbocycles. The predicted molar refractivity (Wildman–Crippen MR) is 105 cm³/mol. The number of carbonyl (C=O) groups excluding carboxylic acids is 2. The summed E-state index contributed by atoms with van der Waals surface area (Å²) in [7, 11) is 0. The number of amides is 1. The summed E-state index contributed by atoms with van der Waals surface area (Å²) in [6.45, 7) is 14.3. The van der Waals surface area contributed by atoms with E-state index in [4.69, 9.17) is 14.2 Å². The zero-order chi connectivity index (χ0) is 20.6. The summed E-state index contributed by atoms with van der Waals surface area (Å²) in [5, 5.41) is 0. The summed E-state index contributed by atoms with van der Waals surface area (Å²) in [6.07, 6.45) is 0.00541. The number of ether oxygens (including phenoxy) is 3. The molecular weight excluding hydrogens is 346 g/mol. The number of carbonyl (C=O) groups is 2. The van der Waals surface area contributed by atoms with Crippen LogP contribution < -0.4 is 9.47 Å². The molecule has 0 radical (unpaired) electrons. The standard InChI is InChI=1S/C21H33NO5/c1-8-12-26-18-11-10-17(13-19(18)25-9-2)21(24)27-16(7)20(23)22(14(3)4)15(5)6/h10-11,13-16H,8-9,12H2,1-7H3. The second-order valence-electron chi connectivity index (χ2n) is 6.92. The summed E-state index contributed by atoms with van der Waals surface area (Å²) in [6, 6.07) is 4.96. The third kappa shape index (κ3) is 6.45. The molecule has 1 unspecified atom stereocenters. The Morgan fingerprint density at radius 2 is 1.59 bits per heavy atom. The number of hydrogen-bond donors (Lipinski definition) is 0. The molecule has 0 bridgehead atoms. The fourth-order valence-electron chi connectivity index (χ4n) is 2.83. The number of benzene rings is 1. The number of hydrogen-bond acceptors (Lipinski definition) is 5. The van der Waals surface area contributed by atoms with Gasteiger partial charge in [-0.2, -0.15) is 0 Å². The summed E-state index contributed by atoms with van der Waals surface area (Å²) < 4.78 is 16.6. The van der Waals surface area contributed by atoms with Crippen molar-refractivity contribution in [1.82, 2.24) is 4.90 Å². The van der Waals surface area contributed by atoms with Crippen LogP contribution in [0, 0.1) is 0 Å². The smallest absolute Gasteiger partial charge is 0.339 e. The molecule has 0 saturated heterocycles. The van der Waals surface area contributed by atoms with Crippen LogP contribution in [0.4, 0.5) is 0 Å². The van der Waals surface area contributed by atoms with Gasteiger partial charge in [-0.1, -0.05) is 6.92 Å². The Hall–Kier alpha value is -2.24. The second kappa shape index (κ2) is 10.8. The van der Waals surface area contributed by atoms with Crippen LogP contribution in [0.2, 0.25) is 0 Å². The summed E-state index contributed by atoms with van der Waals surface area (Å²) in [4.78, 5) is 26.9. The Morgan fingerprint density at radius 3 is 2.11 bits per heavy atom. The molecule has 1 rings (SSSR count). The van der Waals surface area contributed by atoms with E-state index >= 15 is 0 Å². The van der Waals surface area contributed by atoms with Gasteiger partial charge in [-0.05, 0) is 66.2 Å². The first-order valence-corrected chi connectivity index (χ1v) is 9.65. The average Bonchev–Trinajstić information content (AvgIpc) is 2.60. The van der Waals surface area contributed by atoms with E-state index in [1.54, 1.807) is 30.0 Å². The second-order valence-corrected chi connectivity index (χ2v) is 6.92. The lowest BCUT2D eigenvalue weighted by molar-refractivity contribution is -0.143. The maximum Gasteiger partial charge on any atom is 0.339 e. The molecular formula is C21H33NO5. The van der Waals surface area contributed by atoms with Crippen molar-refractivity contribution in [3.63, 3.8) is 0 Å². The Kier molecular flexibility index (Phi) is 9.12. The Bertz CT molecular complexity index is 619. The molecule has 0 fully saturated rings. The highest BCUT2D eigenvalue weighted by molar-refractivity contribution is 5.93. The third-order valence-electron chi connectivity index (χ3n) is 3.94. The molecule has 0 heterocycles. The Balaban J connectivity index is 2.92. The average molecular weight is 379 g/mol. The highest BCUT2D eigenvalue weighted by Crippen LogP contribution is 2.29. The van der Waals surface area contributed by atoms with Crippen molar-refractivity contribution in [3.05, 3.63) is 23.8 Å².